The second kappa shape index (κ2) is 5.17. The molecule has 1 atom stereocenters. The zero-order valence-corrected chi connectivity index (χ0v) is 10.7. The number of amides is 1. The van der Waals surface area contributed by atoms with Crippen LogP contribution < -0.4 is 10.6 Å². The van der Waals surface area contributed by atoms with E-state index in [4.69, 9.17) is 0 Å². The van der Waals surface area contributed by atoms with Crippen molar-refractivity contribution < 1.29 is 23.1 Å². The minimum atomic E-state index is -3.39. The Hall–Kier alpha value is -1.24. The predicted octanol–water partition coefficient (Wildman–Crippen LogP) is 0.299. The molecule has 1 aliphatic heterocycles. The van der Waals surface area contributed by atoms with Crippen LogP contribution in [0.4, 0.5) is 8.78 Å². The summed E-state index contributed by atoms with van der Waals surface area (Å²) in [5.41, 5.74) is -0.653. The molecule has 104 valence electrons. The van der Waals surface area contributed by atoms with E-state index in [0.717, 1.165) is 0 Å². The lowest BCUT2D eigenvalue weighted by Crippen LogP contribution is -2.43. The molecule has 1 heterocycles. The number of nitrogens with one attached hydrogen (secondary N) is 2. The van der Waals surface area contributed by atoms with Crippen LogP contribution in [0.5, 0.6) is 0 Å². The first-order valence-electron chi connectivity index (χ1n) is 5.71. The van der Waals surface area contributed by atoms with E-state index in [9.17, 15) is 18.4 Å². The number of esters is 1. The number of hydrogen-bond acceptors (Lipinski definition) is 4. The smallest absolute Gasteiger partial charge is 0.377 e. The molecule has 1 saturated heterocycles. The summed E-state index contributed by atoms with van der Waals surface area (Å²) in [6.45, 7) is 3.89. The average molecular weight is 264 g/mol. The molecule has 0 bridgehead atoms. The molecular formula is C11H18F2N2O3. The van der Waals surface area contributed by atoms with Gasteiger partial charge in [0.05, 0.1) is 11.8 Å². The third kappa shape index (κ3) is 3.38. The quantitative estimate of drug-likeness (QED) is 0.701. The number of carbonyl (C=O) groups is 2. The monoisotopic (exact) mass is 264 g/mol. The molecule has 1 aliphatic rings. The van der Waals surface area contributed by atoms with E-state index in [1.807, 2.05) is 0 Å². The van der Waals surface area contributed by atoms with Crippen LogP contribution in [-0.2, 0) is 14.3 Å². The van der Waals surface area contributed by atoms with Gasteiger partial charge in [-0.25, -0.2) is 4.79 Å². The summed E-state index contributed by atoms with van der Waals surface area (Å²) in [5, 5.41) is 5.39. The first kappa shape index (κ1) is 14.8. The molecular weight excluding hydrogens is 246 g/mol. The molecule has 0 aromatic carbocycles. The molecule has 2 N–H and O–H groups in total. The van der Waals surface area contributed by atoms with Crippen LogP contribution >= 0.6 is 0 Å². The van der Waals surface area contributed by atoms with Gasteiger partial charge >= 0.3 is 11.9 Å². The minimum absolute atomic E-state index is 0.113. The Balaban J connectivity index is 2.36. The third-order valence-corrected chi connectivity index (χ3v) is 2.84. The van der Waals surface area contributed by atoms with Crippen LogP contribution in [0.3, 0.4) is 0 Å². The Morgan fingerprint density at radius 2 is 2.17 bits per heavy atom. The molecule has 1 rings (SSSR count). The number of halogens is 2. The Labute approximate surface area is 104 Å². The van der Waals surface area contributed by atoms with Crippen molar-refractivity contribution in [1.29, 1.82) is 0 Å². The molecule has 0 aliphatic carbocycles. The molecule has 0 radical (unpaired) electrons. The van der Waals surface area contributed by atoms with Crippen molar-refractivity contribution in [2.24, 2.45) is 5.41 Å². The van der Waals surface area contributed by atoms with Crippen molar-refractivity contribution >= 4 is 11.9 Å². The second-order valence-corrected chi connectivity index (χ2v) is 5.03. The molecule has 0 saturated carbocycles. The highest BCUT2D eigenvalue weighted by molar-refractivity contribution is 5.81. The zero-order chi connectivity index (χ0) is 14.0. The second-order valence-electron chi connectivity index (χ2n) is 5.03. The summed E-state index contributed by atoms with van der Waals surface area (Å²) in [4.78, 5) is 22.2. The van der Waals surface area contributed by atoms with E-state index in [2.05, 4.69) is 15.4 Å². The van der Waals surface area contributed by atoms with Crippen LogP contribution in [0, 0.1) is 5.41 Å². The molecule has 7 heteroatoms. The molecule has 5 nitrogen and oxygen atoms in total. The van der Waals surface area contributed by atoms with E-state index in [1.165, 1.54) is 7.05 Å². The highest BCUT2D eigenvalue weighted by Crippen LogP contribution is 2.30. The van der Waals surface area contributed by atoms with Crippen LogP contribution in [0.15, 0.2) is 0 Å². The Bertz CT molecular complexity index is 345. The summed E-state index contributed by atoms with van der Waals surface area (Å²) < 4.78 is 30.3. The normalized spacial score (nSPS) is 22.7. The van der Waals surface area contributed by atoms with Crippen molar-refractivity contribution in [3.05, 3.63) is 0 Å². The summed E-state index contributed by atoms with van der Waals surface area (Å²) in [7, 11) is 1.53. The average Bonchev–Trinajstić information content (AvgIpc) is 2.51. The molecule has 0 aromatic rings. The Kier molecular flexibility index (Phi) is 4.26. The van der Waals surface area contributed by atoms with E-state index in [1.54, 1.807) is 13.8 Å². The van der Waals surface area contributed by atoms with Crippen molar-refractivity contribution in [2.75, 3.05) is 20.1 Å². The van der Waals surface area contributed by atoms with Crippen LogP contribution in [0.25, 0.3) is 0 Å². The van der Waals surface area contributed by atoms with Crippen molar-refractivity contribution in [3.63, 3.8) is 0 Å². The van der Waals surface area contributed by atoms with Crippen molar-refractivity contribution in [1.82, 2.24) is 10.6 Å². The van der Waals surface area contributed by atoms with E-state index in [-0.39, 0.29) is 12.5 Å². The van der Waals surface area contributed by atoms with Gasteiger partial charge in [0.25, 0.3) is 0 Å². The highest BCUT2D eigenvalue weighted by atomic mass is 19.3. The van der Waals surface area contributed by atoms with Crippen LogP contribution in [0.2, 0.25) is 0 Å². The molecule has 18 heavy (non-hydrogen) atoms. The van der Waals surface area contributed by atoms with Gasteiger partial charge < -0.3 is 15.4 Å². The topological polar surface area (TPSA) is 67.4 Å². The molecule has 1 fully saturated rings. The van der Waals surface area contributed by atoms with Gasteiger partial charge in [-0.05, 0) is 13.8 Å². The maximum absolute atomic E-state index is 12.9. The lowest BCUT2D eigenvalue weighted by atomic mass is 9.92. The van der Waals surface area contributed by atoms with E-state index in [0.29, 0.717) is 6.54 Å². The fourth-order valence-corrected chi connectivity index (χ4v) is 1.73. The summed E-state index contributed by atoms with van der Waals surface area (Å²) >= 11 is 0. The number of carbonyl (C=O) groups excluding carboxylic acids is 2. The van der Waals surface area contributed by atoms with Gasteiger partial charge in [-0.1, -0.05) is 0 Å². The molecule has 0 aromatic heterocycles. The lowest BCUT2D eigenvalue weighted by molar-refractivity contribution is -0.159. The van der Waals surface area contributed by atoms with Crippen LogP contribution in [0.1, 0.15) is 20.3 Å². The Morgan fingerprint density at radius 3 is 2.61 bits per heavy atom. The number of alkyl halides is 2. The first-order chi connectivity index (χ1) is 8.19. The predicted molar refractivity (Wildman–Crippen MR) is 60.2 cm³/mol. The highest BCUT2D eigenvalue weighted by Gasteiger charge is 2.50. The number of cyclic esters (lactones) is 1. The SMILES string of the molecule is CNC(=O)C(C)(C)CNCC1CC(F)(F)C(=O)O1. The first-order valence-corrected chi connectivity index (χ1v) is 5.71. The third-order valence-electron chi connectivity index (χ3n) is 2.84. The van der Waals surface area contributed by atoms with E-state index >= 15 is 0 Å². The van der Waals surface area contributed by atoms with Crippen LogP contribution in [-0.4, -0.2) is 44.0 Å². The number of hydrogen-bond donors (Lipinski definition) is 2. The van der Waals surface area contributed by atoms with Gasteiger partial charge in [0.2, 0.25) is 5.91 Å². The lowest BCUT2D eigenvalue weighted by Gasteiger charge is -2.23. The van der Waals surface area contributed by atoms with Gasteiger partial charge in [0, 0.05) is 20.1 Å². The summed E-state index contributed by atoms with van der Waals surface area (Å²) in [6, 6.07) is 0. The van der Waals surface area contributed by atoms with Gasteiger partial charge in [0.1, 0.15) is 6.10 Å². The number of rotatable bonds is 5. The van der Waals surface area contributed by atoms with Crippen molar-refractivity contribution in [2.45, 2.75) is 32.3 Å². The zero-order valence-electron chi connectivity index (χ0n) is 10.7. The van der Waals surface area contributed by atoms with Gasteiger partial charge in [-0.15, -0.1) is 0 Å². The Morgan fingerprint density at radius 1 is 1.56 bits per heavy atom. The minimum Gasteiger partial charge on any atom is -0.456 e. The molecule has 1 unspecified atom stereocenters. The van der Waals surface area contributed by atoms with E-state index < -0.39 is 29.8 Å². The fourth-order valence-electron chi connectivity index (χ4n) is 1.73. The standard InChI is InChI=1S/C11H18F2N2O3/c1-10(2,8(16)14-3)6-15-5-7-4-11(12,13)9(17)18-7/h7,15H,4-6H2,1-3H3,(H,14,16). The summed E-state index contributed by atoms with van der Waals surface area (Å²) in [5.74, 6) is -5.01. The molecule has 1 amide bonds. The maximum atomic E-state index is 12.9. The maximum Gasteiger partial charge on any atom is 0.377 e. The van der Waals surface area contributed by atoms with Gasteiger partial charge in [0.15, 0.2) is 0 Å². The molecule has 0 spiro atoms. The van der Waals surface area contributed by atoms with Crippen molar-refractivity contribution in [3.8, 4) is 0 Å². The van der Waals surface area contributed by atoms with Gasteiger partial charge in [-0.3, -0.25) is 4.79 Å². The summed E-state index contributed by atoms with van der Waals surface area (Å²) in [6.07, 6.45) is -1.45. The largest absolute Gasteiger partial charge is 0.456 e. The van der Waals surface area contributed by atoms with Gasteiger partial charge in [-0.2, -0.15) is 8.78 Å². The number of ether oxygens (including phenoxy) is 1. The fraction of sp³-hybridized carbons (Fsp3) is 0.818.